The second-order valence-corrected chi connectivity index (χ2v) is 16.2. The van der Waals surface area contributed by atoms with E-state index >= 15 is 0 Å². The number of benzene rings is 2. The topological polar surface area (TPSA) is 124 Å². The maximum atomic E-state index is 12.4. The fourth-order valence-electron chi connectivity index (χ4n) is 6.97. The summed E-state index contributed by atoms with van der Waals surface area (Å²) in [6, 6.07) is 5.15. The first-order valence-electron chi connectivity index (χ1n) is 18.7. The third-order valence-electron chi connectivity index (χ3n) is 9.90. The first-order valence-corrected chi connectivity index (χ1v) is 20.2. The van der Waals surface area contributed by atoms with E-state index in [2.05, 4.69) is 51.1 Å². The van der Waals surface area contributed by atoms with Crippen molar-refractivity contribution in [3.05, 3.63) is 95.5 Å². The summed E-state index contributed by atoms with van der Waals surface area (Å²) in [7, 11) is -5.90. The van der Waals surface area contributed by atoms with Gasteiger partial charge in [0.2, 0.25) is 0 Å². The minimum atomic E-state index is -5.90. The molecule has 2 aliphatic carbocycles. The van der Waals surface area contributed by atoms with Crippen LogP contribution in [-0.2, 0) is 16.5 Å². The average molecular weight is 882 g/mol. The van der Waals surface area contributed by atoms with Gasteiger partial charge >= 0.3 is 38.7 Å². The summed E-state index contributed by atoms with van der Waals surface area (Å²) in [6.07, 6.45) is 15.7. The summed E-state index contributed by atoms with van der Waals surface area (Å²) < 4.78 is 63.4. The molecule has 0 amide bonds. The smallest absolute Gasteiger partial charge is 1.00 e. The first-order chi connectivity index (χ1) is 25.2. The number of phenolic OH excluding ortho intramolecular Hbond substituents is 4. The van der Waals surface area contributed by atoms with Gasteiger partial charge in [0.1, 0.15) is 28.7 Å². The molecule has 4 rings (SSSR count). The van der Waals surface area contributed by atoms with Gasteiger partial charge in [0.05, 0.1) is 0 Å². The minimum absolute atomic E-state index is 0. The Morgan fingerprint density at radius 1 is 0.786 bits per heavy atom. The van der Waals surface area contributed by atoms with Crippen molar-refractivity contribution in [2.24, 2.45) is 11.8 Å². The van der Waals surface area contributed by atoms with Crippen molar-refractivity contribution < 1.29 is 63.2 Å². The fraction of sp³-hybridized carbons (Fsp3) is 0.512. The number of aryl methyl sites for hydroxylation is 1. The van der Waals surface area contributed by atoms with Crippen molar-refractivity contribution in [1.29, 1.82) is 0 Å². The molecule has 0 aromatic heterocycles. The van der Waals surface area contributed by atoms with Crippen molar-refractivity contribution in [3.63, 3.8) is 0 Å². The van der Waals surface area contributed by atoms with Gasteiger partial charge in [-0.25, -0.2) is 0 Å². The number of hydrogen-bond acceptors (Lipinski definition) is 7. The van der Waals surface area contributed by atoms with Crippen LogP contribution in [0.3, 0.4) is 0 Å². The second-order valence-electron chi connectivity index (χ2n) is 14.6. The van der Waals surface area contributed by atoms with Crippen LogP contribution in [0, 0.1) is 18.8 Å². The predicted molar refractivity (Wildman–Crippen MR) is 217 cm³/mol. The largest absolute Gasteiger partial charge is 2.00 e. The third kappa shape index (κ3) is 15.3. The molecule has 0 fully saturated rings. The number of unbranched alkanes of at least 4 members (excludes halogenated alkanes) is 4. The quantitative estimate of drug-likeness (QED) is 0.0420. The molecule has 0 saturated carbocycles. The first kappa shape index (κ1) is 53.4. The van der Waals surface area contributed by atoms with Crippen LogP contribution in [0.25, 0.3) is 0 Å². The summed E-state index contributed by atoms with van der Waals surface area (Å²) in [5.74, 6) is -1.72. The maximum absolute atomic E-state index is 12.4. The van der Waals surface area contributed by atoms with E-state index in [0.717, 1.165) is 79.4 Å². The molecule has 0 unspecified atom stereocenters. The molecule has 13 heteroatoms. The molecule has 7 nitrogen and oxygen atoms in total. The van der Waals surface area contributed by atoms with Gasteiger partial charge in [-0.05, 0) is 95.8 Å². The Morgan fingerprint density at radius 3 is 1.50 bits per heavy atom. The van der Waals surface area contributed by atoms with Gasteiger partial charge < -0.3 is 48.5 Å². The number of alkyl halides is 3. The SMILES string of the molecule is C=C(C)[C@@H]1CCC(C)=C[C@H]1c1c(O)cc(CCCCC)cc1O.C=C(C)[C@@H]1CCC(C)=C[C@H]1c1c(O)cc(OS(=O)(=O)C(F)(F)F)cc1O.[Br-].[CH2-]CCCC.[Mg+2]. The van der Waals surface area contributed by atoms with Crippen molar-refractivity contribution in [3.8, 4) is 28.7 Å². The van der Waals surface area contributed by atoms with Crippen molar-refractivity contribution in [2.75, 3.05) is 0 Å². The van der Waals surface area contributed by atoms with Crippen molar-refractivity contribution in [1.82, 2.24) is 0 Å². The average Bonchev–Trinajstić information content (AvgIpc) is 3.04. The van der Waals surface area contributed by atoms with Gasteiger partial charge in [0.25, 0.3) is 0 Å². The Hall–Kier alpha value is -2.61. The molecule has 2 aromatic carbocycles. The summed E-state index contributed by atoms with van der Waals surface area (Å²) in [4.78, 5) is 0. The number of hydrogen-bond donors (Lipinski definition) is 4. The number of phenols is 4. The van der Waals surface area contributed by atoms with Crippen LogP contribution < -0.4 is 21.2 Å². The molecule has 2 aliphatic rings. The van der Waals surface area contributed by atoms with Crippen molar-refractivity contribution in [2.45, 2.75) is 130 Å². The van der Waals surface area contributed by atoms with Crippen molar-refractivity contribution >= 4 is 33.2 Å². The van der Waals surface area contributed by atoms with Crippen LogP contribution >= 0.6 is 0 Å². The fourth-order valence-corrected chi connectivity index (χ4v) is 7.41. The number of halogens is 4. The van der Waals surface area contributed by atoms with Crippen LogP contribution in [0.1, 0.15) is 134 Å². The van der Waals surface area contributed by atoms with E-state index in [9.17, 15) is 42.0 Å². The van der Waals surface area contributed by atoms with Gasteiger partial charge in [0.15, 0.2) is 0 Å². The summed E-state index contributed by atoms with van der Waals surface area (Å²) >= 11 is 0. The molecule has 0 radical (unpaired) electrons. The third-order valence-corrected chi connectivity index (χ3v) is 10.9. The normalized spacial score (nSPS) is 19.2. The second kappa shape index (κ2) is 24.3. The molecule has 4 atom stereocenters. The number of rotatable bonds is 12. The molecule has 56 heavy (non-hydrogen) atoms. The Morgan fingerprint density at radius 2 is 1.18 bits per heavy atom. The predicted octanol–water partition coefficient (Wildman–Crippen LogP) is 8.82. The molecule has 2 aromatic rings. The summed E-state index contributed by atoms with van der Waals surface area (Å²) in [5.41, 5.74) is 0.447. The Balaban J connectivity index is 0.000000938. The summed E-state index contributed by atoms with van der Waals surface area (Å²) in [5, 5.41) is 41.6. The zero-order valence-corrected chi connectivity index (χ0v) is 37.6. The van der Waals surface area contributed by atoms with E-state index in [4.69, 9.17) is 0 Å². The van der Waals surface area contributed by atoms with E-state index in [0.29, 0.717) is 5.56 Å². The van der Waals surface area contributed by atoms with E-state index in [1.165, 1.54) is 31.3 Å². The van der Waals surface area contributed by atoms with Crippen LogP contribution in [0.4, 0.5) is 13.2 Å². The van der Waals surface area contributed by atoms with Gasteiger partial charge in [-0.15, -0.1) is 0 Å². The molecular formula is C43H60BrF3MgO7S. The Bertz CT molecular complexity index is 1720. The number of aromatic hydroxyl groups is 4. The van der Waals surface area contributed by atoms with Crippen LogP contribution in [0.2, 0.25) is 0 Å². The van der Waals surface area contributed by atoms with Crippen LogP contribution in [0.5, 0.6) is 28.7 Å². The standard InChI is InChI=1S/C21H30O2.C17H19F3O5S.C5H11.BrH.Mg/c1-5-6-7-8-16-12-19(22)21(20(23)13-16)18-11-15(4)9-10-17(18)14(2)3;1-9(2)12-5-4-10(3)6-13(12)16-14(21)7-11(8-15(16)22)25-26(23,24)17(18,19)20;1-3-5-4-2;;/h11-13,17-18,22-23H,2,5-10H2,1,3-4H3;6-8,12-13,21-22H,1,4-5H2,2-3H3;1,3-5H2,2H3;1H;/q;;-1;;+2/p-1/t17-,18+;12-,13+;;;/m00.../s1. The minimum Gasteiger partial charge on any atom is -1.00 e. The van der Waals surface area contributed by atoms with E-state index in [1.807, 2.05) is 39.0 Å². The zero-order valence-electron chi connectivity index (χ0n) is 33.8. The van der Waals surface area contributed by atoms with E-state index in [-0.39, 0.29) is 74.9 Å². The Kier molecular flexibility index (Phi) is 23.2. The van der Waals surface area contributed by atoms with Crippen LogP contribution in [0.15, 0.2) is 71.9 Å². The molecule has 0 heterocycles. The molecule has 4 N–H and O–H groups in total. The van der Waals surface area contributed by atoms with E-state index in [1.54, 1.807) is 0 Å². The number of allylic oxidation sites excluding steroid dienone is 6. The van der Waals surface area contributed by atoms with E-state index < -0.39 is 38.8 Å². The van der Waals surface area contributed by atoms with Gasteiger partial charge in [-0.2, -0.15) is 28.0 Å². The molecule has 0 spiro atoms. The van der Waals surface area contributed by atoms with Gasteiger partial charge in [-0.1, -0.05) is 87.1 Å². The van der Waals surface area contributed by atoms with Crippen LogP contribution in [-0.4, -0.2) is 57.4 Å². The molecule has 310 valence electrons. The summed E-state index contributed by atoms with van der Waals surface area (Å²) in [6.45, 7) is 23.9. The molecule has 0 saturated heterocycles. The van der Waals surface area contributed by atoms with Gasteiger partial charge in [-0.3, -0.25) is 0 Å². The monoisotopic (exact) mass is 880 g/mol. The molecule has 0 aliphatic heterocycles. The Labute approximate surface area is 359 Å². The molecular weight excluding hydrogens is 822 g/mol. The zero-order chi connectivity index (χ0) is 41.0. The molecule has 0 bridgehead atoms. The maximum Gasteiger partial charge on any atom is 2.00 e. The van der Waals surface area contributed by atoms with Gasteiger partial charge in [0, 0.05) is 35.1 Å².